The van der Waals surface area contributed by atoms with E-state index >= 15 is 0 Å². The highest BCUT2D eigenvalue weighted by atomic mass is 19.1. The van der Waals surface area contributed by atoms with Crippen LogP contribution in [0.15, 0.2) is 24.3 Å². The summed E-state index contributed by atoms with van der Waals surface area (Å²) in [5.74, 6) is -1.41. The molecule has 0 saturated carbocycles. The van der Waals surface area contributed by atoms with Crippen LogP contribution in [0.1, 0.15) is 45.6 Å². The molecule has 0 bridgehead atoms. The minimum absolute atomic E-state index is 0.112. The fourth-order valence-electron chi connectivity index (χ4n) is 2.41. The maximum Gasteiger partial charge on any atom is 0.313 e. The lowest BCUT2D eigenvalue weighted by Crippen LogP contribution is -2.38. The average molecular weight is 324 g/mol. The minimum Gasteiger partial charge on any atom is -0.466 e. The number of benzene rings is 1. The van der Waals surface area contributed by atoms with E-state index in [9.17, 15) is 19.1 Å². The van der Waals surface area contributed by atoms with Gasteiger partial charge in [-0.2, -0.15) is 0 Å². The number of aryl methyl sites for hydroxylation is 1. The van der Waals surface area contributed by atoms with Crippen LogP contribution in [0, 0.1) is 11.7 Å². The van der Waals surface area contributed by atoms with Gasteiger partial charge in [0.25, 0.3) is 0 Å². The third-order valence-corrected chi connectivity index (χ3v) is 3.96. The lowest BCUT2D eigenvalue weighted by molar-refractivity contribution is -0.146. The SMILES string of the molecule is CCOC(=O)CC(=O)C[C@@](O)(CCc1cccc(F)c1)C(C)C. The number of hydrogen-bond donors (Lipinski definition) is 1. The van der Waals surface area contributed by atoms with Gasteiger partial charge in [-0.15, -0.1) is 0 Å². The predicted molar refractivity (Wildman–Crippen MR) is 85.4 cm³/mol. The maximum absolute atomic E-state index is 13.2. The van der Waals surface area contributed by atoms with Crippen molar-refractivity contribution in [2.45, 2.75) is 52.1 Å². The van der Waals surface area contributed by atoms with E-state index in [1.54, 1.807) is 19.1 Å². The van der Waals surface area contributed by atoms with E-state index in [1.807, 2.05) is 13.8 Å². The van der Waals surface area contributed by atoms with Crippen LogP contribution in [-0.4, -0.2) is 29.1 Å². The average Bonchev–Trinajstić information content (AvgIpc) is 2.45. The maximum atomic E-state index is 13.2. The molecule has 1 aromatic rings. The molecule has 128 valence electrons. The first-order valence-electron chi connectivity index (χ1n) is 7.91. The number of rotatable bonds is 9. The Hall–Kier alpha value is -1.75. The van der Waals surface area contributed by atoms with Crippen LogP contribution in [-0.2, 0) is 20.7 Å². The molecule has 1 rings (SSSR count). The fraction of sp³-hybridized carbons (Fsp3) is 0.556. The van der Waals surface area contributed by atoms with Crippen molar-refractivity contribution in [3.8, 4) is 0 Å². The third-order valence-electron chi connectivity index (χ3n) is 3.96. The molecular formula is C18H25FO4. The first-order valence-corrected chi connectivity index (χ1v) is 7.91. The third kappa shape index (κ3) is 6.48. The topological polar surface area (TPSA) is 63.6 Å². The van der Waals surface area contributed by atoms with Crippen LogP contribution in [0.5, 0.6) is 0 Å². The molecule has 0 aliphatic heterocycles. The largest absolute Gasteiger partial charge is 0.466 e. The lowest BCUT2D eigenvalue weighted by Gasteiger charge is -2.31. The number of halogens is 1. The number of carbonyl (C=O) groups is 2. The number of ether oxygens (including phenoxy) is 1. The van der Waals surface area contributed by atoms with Crippen molar-refractivity contribution in [2.75, 3.05) is 6.61 Å². The second-order valence-corrected chi connectivity index (χ2v) is 6.09. The van der Waals surface area contributed by atoms with Crippen molar-refractivity contribution in [2.24, 2.45) is 5.92 Å². The van der Waals surface area contributed by atoms with Gasteiger partial charge in [-0.25, -0.2) is 4.39 Å². The zero-order valence-corrected chi connectivity index (χ0v) is 14.0. The van der Waals surface area contributed by atoms with Gasteiger partial charge in [0.1, 0.15) is 18.0 Å². The van der Waals surface area contributed by atoms with Crippen LogP contribution in [0.25, 0.3) is 0 Å². The molecule has 0 fully saturated rings. The highest BCUT2D eigenvalue weighted by Gasteiger charge is 2.33. The van der Waals surface area contributed by atoms with E-state index in [-0.39, 0.29) is 37.0 Å². The first-order chi connectivity index (χ1) is 10.8. The van der Waals surface area contributed by atoms with E-state index in [2.05, 4.69) is 0 Å². The van der Waals surface area contributed by atoms with Crippen LogP contribution in [0.3, 0.4) is 0 Å². The first kappa shape index (κ1) is 19.3. The molecule has 0 unspecified atom stereocenters. The Morgan fingerprint density at radius 2 is 2.04 bits per heavy atom. The van der Waals surface area contributed by atoms with E-state index < -0.39 is 11.6 Å². The summed E-state index contributed by atoms with van der Waals surface area (Å²) in [6, 6.07) is 6.18. The molecule has 0 aliphatic rings. The highest BCUT2D eigenvalue weighted by Crippen LogP contribution is 2.28. The summed E-state index contributed by atoms with van der Waals surface area (Å²) in [7, 11) is 0. The zero-order chi connectivity index (χ0) is 17.5. The van der Waals surface area contributed by atoms with Crippen molar-refractivity contribution < 1.29 is 23.8 Å². The van der Waals surface area contributed by atoms with Gasteiger partial charge in [0.2, 0.25) is 0 Å². The van der Waals surface area contributed by atoms with Gasteiger partial charge in [0.05, 0.1) is 12.2 Å². The van der Waals surface area contributed by atoms with E-state index in [0.717, 1.165) is 5.56 Å². The molecule has 1 atom stereocenters. The summed E-state index contributed by atoms with van der Waals surface area (Å²) < 4.78 is 18.0. The second kappa shape index (κ2) is 8.77. The zero-order valence-electron chi connectivity index (χ0n) is 14.0. The van der Waals surface area contributed by atoms with Gasteiger partial charge in [0.15, 0.2) is 0 Å². The van der Waals surface area contributed by atoms with E-state index in [1.165, 1.54) is 12.1 Å². The molecule has 0 radical (unpaired) electrons. The van der Waals surface area contributed by atoms with Crippen molar-refractivity contribution >= 4 is 11.8 Å². The number of ketones is 1. The van der Waals surface area contributed by atoms with Crippen LogP contribution in [0.2, 0.25) is 0 Å². The molecule has 0 saturated heterocycles. The smallest absolute Gasteiger partial charge is 0.313 e. The quantitative estimate of drug-likeness (QED) is 0.560. The highest BCUT2D eigenvalue weighted by molar-refractivity contribution is 5.95. The van der Waals surface area contributed by atoms with Gasteiger partial charge >= 0.3 is 5.97 Å². The molecule has 0 aromatic heterocycles. The summed E-state index contributed by atoms with van der Waals surface area (Å²) in [4.78, 5) is 23.4. The summed E-state index contributed by atoms with van der Waals surface area (Å²) >= 11 is 0. The van der Waals surface area contributed by atoms with Crippen LogP contribution in [0.4, 0.5) is 4.39 Å². The Labute approximate surface area is 136 Å². The molecule has 1 aromatic carbocycles. The number of carbonyl (C=O) groups excluding carboxylic acids is 2. The van der Waals surface area contributed by atoms with Crippen molar-refractivity contribution in [1.29, 1.82) is 0 Å². The minimum atomic E-state index is -1.23. The Kier molecular flexibility index (Phi) is 7.36. The van der Waals surface area contributed by atoms with Gasteiger partial charge in [-0.1, -0.05) is 26.0 Å². The molecule has 23 heavy (non-hydrogen) atoms. The molecular weight excluding hydrogens is 299 g/mol. The number of Topliss-reactive ketones (excluding diaryl/α,β-unsaturated/α-hetero) is 1. The predicted octanol–water partition coefficient (Wildman–Crippen LogP) is 3.06. The van der Waals surface area contributed by atoms with Crippen molar-refractivity contribution in [1.82, 2.24) is 0 Å². The van der Waals surface area contributed by atoms with Crippen LogP contribution >= 0.6 is 0 Å². The molecule has 0 heterocycles. The molecule has 5 heteroatoms. The van der Waals surface area contributed by atoms with Crippen molar-refractivity contribution in [3.63, 3.8) is 0 Å². The van der Waals surface area contributed by atoms with Gasteiger partial charge in [-0.3, -0.25) is 9.59 Å². The Morgan fingerprint density at radius 1 is 1.35 bits per heavy atom. The van der Waals surface area contributed by atoms with Gasteiger partial charge < -0.3 is 9.84 Å². The van der Waals surface area contributed by atoms with Crippen LogP contribution < -0.4 is 0 Å². The molecule has 0 spiro atoms. The lowest BCUT2D eigenvalue weighted by atomic mass is 9.80. The molecule has 1 N–H and O–H groups in total. The monoisotopic (exact) mass is 324 g/mol. The van der Waals surface area contributed by atoms with E-state index in [0.29, 0.717) is 12.8 Å². The fourth-order valence-corrected chi connectivity index (χ4v) is 2.41. The number of esters is 1. The Balaban J connectivity index is 2.67. The summed E-state index contributed by atoms with van der Waals surface area (Å²) in [6.07, 6.45) is 0.337. The van der Waals surface area contributed by atoms with E-state index in [4.69, 9.17) is 4.74 Å². The van der Waals surface area contributed by atoms with Gasteiger partial charge in [0, 0.05) is 6.42 Å². The summed E-state index contributed by atoms with van der Waals surface area (Å²) in [6.45, 7) is 5.54. The molecule has 4 nitrogen and oxygen atoms in total. The molecule has 0 amide bonds. The molecule has 0 aliphatic carbocycles. The summed E-state index contributed by atoms with van der Waals surface area (Å²) in [5.41, 5.74) is -0.461. The standard InChI is InChI=1S/C18H25FO4/c1-4-23-17(21)11-16(20)12-18(22,13(2)3)9-8-14-6-5-7-15(19)10-14/h5-7,10,13,22H,4,8-9,11-12H2,1-3H3/t18-/m0/s1. The number of aliphatic hydroxyl groups is 1. The van der Waals surface area contributed by atoms with Crippen molar-refractivity contribution in [3.05, 3.63) is 35.6 Å². The Bertz CT molecular complexity index is 542. The number of hydrogen-bond acceptors (Lipinski definition) is 4. The summed E-state index contributed by atoms with van der Waals surface area (Å²) in [5, 5.41) is 10.8. The second-order valence-electron chi connectivity index (χ2n) is 6.09. The van der Waals surface area contributed by atoms with Gasteiger partial charge in [-0.05, 0) is 43.4 Å². The normalized spacial score (nSPS) is 13.7. The Morgan fingerprint density at radius 3 is 2.61 bits per heavy atom.